The normalized spacial score (nSPS) is 10.8. The summed E-state index contributed by atoms with van der Waals surface area (Å²) in [5.41, 5.74) is 11.2. The van der Waals surface area contributed by atoms with Gasteiger partial charge in [0, 0.05) is 11.1 Å². The van der Waals surface area contributed by atoms with Gasteiger partial charge in [0.25, 0.3) is 0 Å². The van der Waals surface area contributed by atoms with Crippen LogP contribution in [0.25, 0.3) is 10.9 Å². The second-order valence-corrected chi connectivity index (χ2v) is 3.69. The molecule has 0 aliphatic rings. The highest BCUT2D eigenvalue weighted by atomic mass is 14.7. The van der Waals surface area contributed by atoms with Crippen LogP contribution < -0.4 is 5.73 Å². The summed E-state index contributed by atoms with van der Waals surface area (Å²) >= 11 is 0. The van der Waals surface area contributed by atoms with Crippen molar-refractivity contribution in [2.24, 2.45) is 0 Å². The van der Waals surface area contributed by atoms with Gasteiger partial charge in [-0.15, -0.1) is 0 Å². The summed E-state index contributed by atoms with van der Waals surface area (Å²) in [6.07, 6.45) is 0. The lowest BCUT2D eigenvalue weighted by Gasteiger charge is -2.09. The Kier molecular flexibility index (Phi) is 1.92. The first-order valence-electron chi connectivity index (χ1n) is 4.73. The second-order valence-electron chi connectivity index (χ2n) is 3.69. The lowest BCUT2D eigenvalue weighted by atomic mass is 10.0. The van der Waals surface area contributed by atoms with Gasteiger partial charge in [0.05, 0.1) is 11.2 Å². The first-order chi connectivity index (χ1) is 6.61. The van der Waals surface area contributed by atoms with Crippen molar-refractivity contribution < 1.29 is 0 Å². The molecular formula is C12H14N2. The molecule has 2 nitrogen and oxygen atoms in total. The lowest BCUT2D eigenvalue weighted by molar-refractivity contribution is 1.17. The van der Waals surface area contributed by atoms with E-state index in [0.29, 0.717) is 0 Å². The molecule has 1 heterocycles. The summed E-state index contributed by atoms with van der Waals surface area (Å²) in [5.74, 6) is 0. The van der Waals surface area contributed by atoms with E-state index in [9.17, 15) is 0 Å². The number of anilines is 1. The molecule has 0 saturated carbocycles. The zero-order valence-electron chi connectivity index (χ0n) is 8.76. The molecule has 2 aromatic rings. The maximum Gasteiger partial charge on any atom is 0.0937 e. The number of pyridine rings is 1. The van der Waals surface area contributed by atoms with Crippen LogP contribution in [0.15, 0.2) is 18.2 Å². The highest BCUT2D eigenvalue weighted by molar-refractivity contribution is 5.92. The zero-order chi connectivity index (χ0) is 10.3. The van der Waals surface area contributed by atoms with Gasteiger partial charge in [0.15, 0.2) is 0 Å². The summed E-state index contributed by atoms with van der Waals surface area (Å²) in [5, 5.41) is 1.16. The van der Waals surface area contributed by atoms with Gasteiger partial charge in [-0.25, -0.2) is 0 Å². The van der Waals surface area contributed by atoms with E-state index in [1.807, 2.05) is 19.1 Å². The fraction of sp³-hybridized carbons (Fsp3) is 0.250. The molecule has 0 atom stereocenters. The maximum atomic E-state index is 5.88. The highest BCUT2D eigenvalue weighted by Gasteiger charge is 2.06. The average molecular weight is 186 g/mol. The minimum atomic E-state index is 0.758. The van der Waals surface area contributed by atoms with E-state index < -0.39 is 0 Å². The van der Waals surface area contributed by atoms with Crippen LogP contribution in [0.4, 0.5) is 5.69 Å². The molecule has 2 rings (SSSR count). The Morgan fingerprint density at radius 2 is 1.79 bits per heavy atom. The standard InChI is InChI=1S/C12H14N2/c1-7-8(2)10-5-4-6-11(13)12(10)14-9(7)3/h4-6H,13H2,1-3H3. The van der Waals surface area contributed by atoms with E-state index in [4.69, 9.17) is 5.73 Å². The van der Waals surface area contributed by atoms with E-state index >= 15 is 0 Å². The van der Waals surface area contributed by atoms with Gasteiger partial charge in [0.1, 0.15) is 0 Å². The van der Waals surface area contributed by atoms with Gasteiger partial charge in [-0.1, -0.05) is 12.1 Å². The summed E-state index contributed by atoms with van der Waals surface area (Å²) in [7, 11) is 0. The Bertz CT molecular complexity index is 501. The third-order valence-corrected chi connectivity index (χ3v) is 2.86. The number of para-hydroxylation sites is 1. The number of aryl methyl sites for hydroxylation is 2. The molecule has 0 bridgehead atoms. The Hall–Kier alpha value is -1.57. The summed E-state index contributed by atoms with van der Waals surface area (Å²) in [4.78, 5) is 4.51. The SMILES string of the molecule is Cc1nc2c(N)cccc2c(C)c1C. The maximum absolute atomic E-state index is 5.88. The van der Waals surface area contributed by atoms with Crippen molar-refractivity contribution in [3.8, 4) is 0 Å². The third kappa shape index (κ3) is 1.15. The van der Waals surface area contributed by atoms with Crippen molar-refractivity contribution >= 4 is 16.6 Å². The molecule has 72 valence electrons. The molecule has 2 N–H and O–H groups in total. The molecule has 0 fully saturated rings. The van der Waals surface area contributed by atoms with E-state index in [2.05, 4.69) is 24.9 Å². The fourth-order valence-electron chi connectivity index (χ4n) is 1.71. The Labute approximate surface area is 83.8 Å². The zero-order valence-corrected chi connectivity index (χ0v) is 8.76. The molecular weight excluding hydrogens is 172 g/mol. The van der Waals surface area contributed by atoms with Crippen LogP contribution in [0.2, 0.25) is 0 Å². The molecule has 0 radical (unpaired) electrons. The van der Waals surface area contributed by atoms with E-state index in [-0.39, 0.29) is 0 Å². The quantitative estimate of drug-likeness (QED) is 0.642. The number of hydrogen-bond acceptors (Lipinski definition) is 2. The van der Waals surface area contributed by atoms with Crippen molar-refractivity contribution in [1.29, 1.82) is 0 Å². The lowest BCUT2D eigenvalue weighted by Crippen LogP contribution is -1.96. The number of fused-ring (bicyclic) bond motifs is 1. The molecule has 0 unspecified atom stereocenters. The van der Waals surface area contributed by atoms with Crippen LogP contribution in [-0.4, -0.2) is 4.98 Å². The molecule has 1 aromatic heterocycles. The first-order valence-corrected chi connectivity index (χ1v) is 4.73. The number of nitrogens with two attached hydrogens (primary N) is 1. The molecule has 14 heavy (non-hydrogen) atoms. The average Bonchev–Trinajstić information content (AvgIpc) is 2.17. The number of benzene rings is 1. The van der Waals surface area contributed by atoms with Gasteiger partial charge in [-0.05, 0) is 38.0 Å². The Morgan fingerprint density at radius 1 is 1.07 bits per heavy atom. The van der Waals surface area contributed by atoms with Gasteiger partial charge >= 0.3 is 0 Å². The number of rotatable bonds is 0. The summed E-state index contributed by atoms with van der Waals surface area (Å²) in [6.45, 7) is 6.24. The number of aromatic nitrogens is 1. The van der Waals surface area contributed by atoms with E-state index in [1.54, 1.807) is 0 Å². The van der Waals surface area contributed by atoms with Gasteiger partial charge in [-0.2, -0.15) is 0 Å². The minimum absolute atomic E-state index is 0.758. The highest BCUT2D eigenvalue weighted by Crippen LogP contribution is 2.25. The summed E-state index contributed by atoms with van der Waals surface area (Å²) < 4.78 is 0. The van der Waals surface area contributed by atoms with E-state index in [0.717, 1.165) is 22.3 Å². The Morgan fingerprint density at radius 3 is 2.50 bits per heavy atom. The molecule has 2 heteroatoms. The van der Waals surface area contributed by atoms with Gasteiger partial charge in [-0.3, -0.25) is 4.98 Å². The van der Waals surface area contributed by atoms with E-state index in [1.165, 1.54) is 11.1 Å². The Balaban J connectivity index is 2.98. The van der Waals surface area contributed by atoms with Crippen molar-refractivity contribution in [2.45, 2.75) is 20.8 Å². The molecule has 1 aromatic carbocycles. The molecule has 0 saturated heterocycles. The number of hydrogen-bond donors (Lipinski definition) is 1. The van der Waals surface area contributed by atoms with Crippen LogP contribution in [0.3, 0.4) is 0 Å². The third-order valence-electron chi connectivity index (χ3n) is 2.86. The molecule has 0 aliphatic heterocycles. The van der Waals surface area contributed by atoms with Gasteiger partial charge in [0.2, 0.25) is 0 Å². The molecule has 0 spiro atoms. The fourth-order valence-corrected chi connectivity index (χ4v) is 1.71. The monoisotopic (exact) mass is 186 g/mol. The minimum Gasteiger partial charge on any atom is -0.397 e. The van der Waals surface area contributed by atoms with Crippen molar-refractivity contribution in [3.05, 3.63) is 35.0 Å². The predicted molar refractivity (Wildman–Crippen MR) is 60.4 cm³/mol. The molecule has 0 amide bonds. The second kappa shape index (κ2) is 2.98. The number of nitrogens with zero attached hydrogens (tertiary/aromatic N) is 1. The first kappa shape index (κ1) is 9.00. The van der Waals surface area contributed by atoms with Crippen molar-refractivity contribution in [2.75, 3.05) is 5.73 Å². The van der Waals surface area contributed by atoms with Gasteiger partial charge < -0.3 is 5.73 Å². The molecule has 0 aliphatic carbocycles. The van der Waals surface area contributed by atoms with Crippen LogP contribution in [0.1, 0.15) is 16.8 Å². The largest absolute Gasteiger partial charge is 0.397 e. The van der Waals surface area contributed by atoms with Crippen molar-refractivity contribution in [1.82, 2.24) is 4.98 Å². The number of nitrogen functional groups attached to an aromatic ring is 1. The van der Waals surface area contributed by atoms with Crippen LogP contribution >= 0.6 is 0 Å². The van der Waals surface area contributed by atoms with Crippen molar-refractivity contribution in [3.63, 3.8) is 0 Å². The smallest absolute Gasteiger partial charge is 0.0937 e. The topological polar surface area (TPSA) is 38.9 Å². The van der Waals surface area contributed by atoms with Crippen LogP contribution in [-0.2, 0) is 0 Å². The predicted octanol–water partition coefficient (Wildman–Crippen LogP) is 2.74. The summed E-state index contributed by atoms with van der Waals surface area (Å²) in [6, 6.07) is 5.94. The van der Waals surface area contributed by atoms with Crippen LogP contribution in [0, 0.1) is 20.8 Å². The van der Waals surface area contributed by atoms with Crippen LogP contribution in [0.5, 0.6) is 0 Å².